The zero-order valence-corrected chi connectivity index (χ0v) is 26.0. The van der Waals surface area contributed by atoms with Crippen molar-refractivity contribution in [1.82, 2.24) is 0 Å². The lowest BCUT2D eigenvalue weighted by atomic mass is 10.0. The third-order valence-corrected chi connectivity index (χ3v) is 8.83. The summed E-state index contributed by atoms with van der Waals surface area (Å²) >= 11 is 3.64. The Morgan fingerprint density at radius 1 is 0.400 bits per heavy atom. The van der Waals surface area contributed by atoms with Crippen LogP contribution in [0.4, 0.5) is 17.1 Å². The molecule has 0 saturated carbocycles. The van der Waals surface area contributed by atoms with Crippen molar-refractivity contribution in [2.45, 2.75) is 0 Å². The van der Waals surface area contributed by atoms with Crippen LogP contribution in [0.15, 0.2) is 179 Å². The fraction of sp³-hybridized carbons (Fsp3) is 0. The topological polar surface area (TPSA) is 16.4 Å². The van der Waals surface area contributed by atoms with Gasteiger partial charge in [0.2, 0.25) is 0 Å². The van der Waals surface area contributed by atoms with Gasteiger partial charge in [0.25, 0.3) is 0 Å². The number of furan rings is 1. The molecule has 0 aliphatic heterocycles. The van der Waals surface area contributed by atoms with Crippen LogP contribution in [-0.2, 0) is 0 Å². The molecule has 3 heteroatoms. The van der Waals surface area contributed by atoms with Gasteiger partial charge < -0.3 is 9.32 Å². The molecule has 0 N–H and O–H groups in total. The number of fused-ring (bicyclic) bond motifs is 3. The normalized spacial score (nSPS) is 11.2. The molecule has 0 atom stereocenters. The summed E-state index contributed by atoms with van der Waals surface area (Å²) < 4.78 is 7.42. The van der Waals surface area contributed by atoms with Crippen LogP contribution in [-0.4, -0.2) is 0 Å². The Morgan fingerprint density at radius 2 is 0.978 bits per heavy atom. The summed E-state index contributed by atoms with van der Waals surface area (Å²) in [4.78, 5) is 2.32. The molecule has 0 aliphatic rings. The van der Waals surface area contributed by atoms with Crippen molar-refractivity contribution in [2.24, 2.45) is 0 Å². The molecule has 2 nitrogen and oxygen atoms in total. The number of hydrogen-bond donors (Lipinski definition) is 0. The van der Waals surface area contributed by atoms with Gasteiger partial charge in [0.15, 0.2) is 0 Å². The van der Waals surface area contributed by atoms with Gasteiger partial charge in [0, 0.05) is 37.9 Å². The molecular weight excluding hydrogens is 614 g/mol. The first-order valence-corrected chi connectivity index (χ1v) is 15.8. The summed E-state index contributed by atoms with van der Waals surface area (Å²) in [6, 6.07) is 59.9. The van der Waals surface area contributed by atoms with E-state index in [0.29, 0.717) is 0 Å². The first kappa shape index (κ1) is 27.2. The van der Waals surface area contributed by atoms with Crippen LogP contribution in [0, 0.1) is 0 Å². The Hall–Kier alpha value is -5.38. The average molecular weight is 643 g/mol. The number of rotatable bonds is 6. The molecule has 0 spiro atoms. The van der Waals surface area contributed by atoms with Gasteiger partial charge in [-0.3, -0.25) is 0 Å². The molecule has 8 aromatic rings. The third-order valence-electron chi connectivity index (χ3n) is 8.34. The molecule has 1 heterocycles. The summed E-state index contributed by atoms with van der Waals surface area (Å²) in [7, 11) is 0. The average Bonchev–Trinajstić information content (AvgIpc) is 3.49. The molecule has 1 aromatic heterocycles. The van der Waals surface area contributed by atoms with Gasteiger partial charge >= 0.3 is 0 Å². The Balaban J connectivity index is 1.22. The van der Waals surface area contributed by atoms with Gasteiger partial charge in [-0.25, -0.2) is 0 Å². The second-order valence-corrected chi connectivity index (χ2v) is 12.1. The smallest absolute Gasteiger partial charge is 0.143 e. The molecule has 45 heavy (non-hydrogen) atoms. The van der Waals surface area contributed by atoms with Crippen LogP contribution in [0.1, 0.15) is 0 Å². The van der Waals surface area contributed by atoms with Crippen LogP contribution in [0.2, 0.25) is 0 Å². The van der Waals surface area contributed by atoms with E-state index in [-0.39, 0.29) is 0 Å². The van der Waals surface area contributed by atoms with E-state index in [1.165, 1.54) is 16.7 Å². The number of benzene rings is 7. The molecule has 0 amide bonds. The predicted octanol–water partition coefficient (Wildman–Crippen LogP) is 12.8. The molecule has 0 bridgehead atoms. The van der Waals surface area contributed by atoms with Crippen LogP contribution in [0.5, 0.6) is 0 Å². The monoisotopic (exact) mass is 641 g/mol. The number of nitrogens with zero attached hydrogens (tertiary/aromatic N) is 1. The Labute approximate surface area is 271 Å². The van der Waals surface area contributed by atoms with Gasteiger partial charge in [-0.05, 0) is 82.4 Å². The Bertz CT molecular complexity index is 2270. The second-order valence-electron chi connectivity index (χ2n) is 11.1. The summed E-state index contributed by atoms with van der Waals surface area (Å²) in [6.07, 6.45) is 0. The molecule has 0 aliphatic carbocycles. The van der Waals surface area contributed by atoms with E-state index in [2.05, 4.69) is 179 Å². The van der Waals surface area contributed by atoms with E-state index in [0.717, 1.165) is 60.2 Å². The maximum Gasteiger partial charge on any atom is 0.143 e. The minimum absolute atomic E-state index is 0.909. The van der Waals surface area contributed by atoms with Crippen molar-refractivity contribution >= 4 is 54.9 Å². The van der Waals surface area contributed by atoms with E-state index in [1.807, 2.05) is 12.1 Å². The minimum atomic E-state index is 0.909. The second kappa shape index (κ2) is 11.6. The fourth-order valence-corrected chi connectivity index (χ4v) is 6.54. The molecule has 0 radical (unpaired) electrons. The molecule has 0 saturated heterocycles. The van der Waals surface area contributed by atoms with E-state index in [4.69, 9.17) is 4.42 Å². The lowest BCUT2D eigenvalue weighted by Gasteiger charge is -2.26. The van der Waals surface area contributed by atoms with Gasteiger partial charge in [0.05, 0.1) is 0 Å². The predicted molar refractivity (Wildman–Crippen MR) is 192 cm³/mol. The highest BCUT2D eigenvalue weighted by atomic mass is 79.9. The van der Waals surface area contributed by atoms with E-state index in [9.17, 15) is 0 Å². The van der Waals surface area contributed by atoms with Crippen molar-refractivity contribution < 1.29 is 4.42 Å². The number of halogens is 1. The number of hydrogen-bond acceptors (Lipinski definition) is 2. The largest absolute Gasteiger partial charge is 0.455 e. The van der Waals surface area contributed by atoms with Crippen LogP contribution < -0.4 is 4.90 Å². The van der Waals surface area contributed by atoms with Gasteiger partial charge in [-0.1, -0.05) is 131 Å². The fourth-order valence-electron chi connectivity index (χ4n) is 6.14. The molecule has 7 aromatic carbocycles. The molecule has 8 rings (SSSR count). The standard InChI is InChI=1S/C42H28BrNO/c43-34-13-6-11-32(27-34)33-12-7-14-37(28-33)44(35-23-19-30(20-24-35)29-9-2-1-3-10-29)36-25-21-31(22-26-36)38-16-8-17-40-39-15-4-5-18-41(39)45-42(38)40/h1-28H. The Morgan fingerprint density at radius 3 is 1.73 bits per heavy atom. The molecular formula is C42H28BrNO. The summed E-state index contributed by atoms with van der Waals surface area (Å²) in [6.45, 7) is 0. The molecule has 0 fully saturated rings. The highest BCUT2D eigenvalue weighted by Crippen LogP contribution is 2.40. The molecule has 214 valence electrons. The third kappa shape index (κ3) is 5.22. The SMILES string of the molecule is Brc1cccc(-c2cccc(N(c3ccc(-c4ccccc4)cc3)c3ccc(-c4cccc5c4oc4ccccc45)cc3)c2)c1. The highest BCUT2D eigenvalue weighted by molar-refractivity contribution is 9.10. The summed E-state index contributed by atoms with van der Waals surface area (Å²) in [5, 5.41) is 2.28. The van der Waals surface area contributed by atoms with E-state index < -0.39 is 0 Å². The zero-order valence-electron chi connectivity index (χ0n) is 24.4. The van der Waals surface area contributed by atoms with Crippen LogP contribution in [0.3, 0.4) is 0 Å². The van der Waals surface area contributed by atoms with Crippen LogP contribution in [0.25, 0.3) is 55.3 Å². The number of para-hydroxylation sites is 2. The van der Waals surface area contributed by atoms with Gasteiger partial charge in [-0.15, -0.1) is 0 Å². The quantitative estimate of drug-likeness (QED) is 0.179. The van der Waals surface area contributed by atoms with Crippen LogP contribution >= 0.6 is 15.9 Å². The highest BCUT2D eigenvalue weighted by Gasteiger charge is 2.16. The zero-order chi connectivity index (χ0) is 30.2. The lowest BCUT2D eigenvalue weighted by Crippen LogP contribution is -2.10. The summed E-state index contributed by atoms with van der Waals surface area (Å²) in [5.74, 6) is 0. The van der Waals surface area contributed by atoms with Gasteiger partial charge in [0.1, 0.15) is 11.2 Å². The van der Waals surface area contributed by atoms with Crippen molar-refractivity contribution in [3.05, 3.63) is 174 Å². The lowest BCUT2D eigenvalue weighted by molar-refractivity contribution is 0.670. The van der Waals surface area contributed by atoms with Crippen molar-refractivity contribution in [3.63, 3.8) is 0 Å². The maximum absolute atomic E-state index is 6.35. The van der Waals surface area contributed by atoms with Crippen molar-refractivity contribution in [3.8, 4) is 33.4 Å². The Kier molecular flexibility index (Phi) is 7.01. The first-order chi connectivity index (χ1) is 22.2. The first-order valence-electron chi connectivity index (χ1n) is 15.0. The van der Waals surface area contributed by atoms with E-state index in [1.54, 1.807) is 0 Å². The van der Waals surface area contributed by atoms with E-state index >= 15 is 0 Å². The van der Waals surface area contributed by atoms with Gasteiger partial charge in [-0.2, -0.15) is 0 Å². The molecule has 0 unspecified atom stereocenters. The minimum Gasteiger partial charge on any atom is -0.455 e. The maximum atomic E-state index is 6.35. The summed E-state index contributed by atoms with van der Waals surface area (Å²) in [5.41, 5.74) is 12.0. The number of anilines is 3. The van der Waals surface area contributed by atoms with Crippen molar-refractivity contribution in [1.29, 1.82) is 0 Å². The van der Waals surface area contributed by atoms with Crippen molar-refractivity contribution in [2.75, 3.05) is 4.90 Å².